The number of nitrogens with zero attached hydrogens (tertiary/aromatic N) is 1. The molecule has 4 heteroatoms. The number of amides is 1. The van der Waals surface area contributed by atoms with Gasteiger partial charge >= 0.3 is 0 Å². The largest absolute Gasteiger partial charge is 0.356 e. The summed E-state index contributed by atoms with van der Waals surface area (Å²) in [5, 5.41) is 6.83. The lowest BCUT2D eigenvalue weighted by Crippen LogP contribution is -2.22. The summed E-state index contributed by atoms with van der Waals surface area (Å²) in [6.45, 7) is 2.30. The molecule has 0 spiro atoms. The summed E-state index contributed by atoms with van der Waals surface area (Å²) in [5.41, 5.74) is 3.36. The van der Waals surface area contributed by atoms with Crippen LogP contribution in [0.5, 0.6) is 0 Å². The third kappa shape index (κ3) is 3.23. The lowest BCUT2D eigenvalue weighted by molar-refractivity contribution is 0.0950. The molecule has 0 aliphatic carbocycles. The summed E-state index contributed by atoms with van der Waals surface area (Å²) in [6.07, 6.45) is 0. The fourth-order valence-corrected chi connectivity index (χ4v) is 2.19. The molecule has 2 aromatic carbocycles. The van der Waals surface area contributed by atoms with Gasteiger partial charge < -0.3 is 9.84 Å². The van der Waals surface area contributed by atoms with Crippen molar-refractivity contribution in [1.29, 1.82) is 0 Å². The van der Waals surface area contributed by atoms with Gasteiger partial charge in [-0.25, -0.2) is 0 Å². The van der Waals surface area contributed by atoms with E-state index in [2.05, 4.69) is 10.5 Å². The molecule has 1 heterocycles. The third-order valence-electron chi connectivity index (χ3n) is 3.33. The van der Waals surface area contributed by atoms with Gasteiger partial charge in [0.15, 0.2) is 5.76 Å². The maximum absolute atomic E-state index is 12.1. The number of aryl methyl sites for hydroxylation is 1. The second-order valence-electron chi connectivity index (χ2n) is 5.10. The fraction of sp³-hybridized carbons (Fsp3) is 0.111. The Morgan fingerprint density at radius 2 is 1.91 bits per heavy atom. The highest BCUT2D eigenvalue weighted by molar-refractivity contribution is 5.94. The number of rotatable bonds is 4. The smallest absolute Gasteiger partial charge is 0.251 e. The van der Waals surface area contributed by atoms with Crippen LogP contribution in [-0.2, 0) is 6.54 Å². The van der Waals surface area contributed by atoms with Gasteiger partial charge in [0.2, 0.25) is 0 Å². The van der Waals surface area contributed by atoms with Gasteiger partial charge in [0.1, 0.15) is 5.69 Å². The van der Waals surface area contributed by atoms with E-state index in [1.165, 1.54) is 0 Å². The van der Waals surface area contributed by atoms with Crippen molar-refractivity contribution in [1.82, 2.24) is 10.5 Å². The van der Waals surface area contributed by atoms with Crippen LogP contribution in [0.25, 0.3) is 11.3 Å². The van der Waals surface area contributed by atoms with Crippen LogP contribution < -0.4 is 5.32 Å². The number of hydrogen-bond donors (Lipinski definition) is 1. The highest BCUT2D eigenvalue weighted by Crippen LogP contribution is 2.19. The van der Waals surface area contributed by atoms with Gasteiger partial charge in [0, 0.05) is 17.2 Å². The molecule has 110 valence electrons. The van der Waals surface area contributed by atoms with Crippen LogP contribution in [0.3, 0.4) is 0 Å². The van der Waals surface area contributed by atoms with Crippen molar-refractivity contribution in [2.24, 2.45) is 0 Å². The van der Waals surface area contributed by atoms with Crippen molar-refractivity contribution in [3.8, 4) is 11.3 Å². The summed E-state index contributed by atoms with van der Waals surface area (Å²) in [5.74, 6) is 0.577. The van der Waals surface area contributed by atoms with E-state index in [1.54, 1.807) is 6.07 Å². The zero-order valence-electron chi connectivity index (χ0n) is 12.2. The van der Waals surface area contributed by atoms with E-state index < -0.39 is 0 Å². The van der Waals surface area contributed by atoms with Gasteiger partial charge in [-0.3, -0.25) is 4.79 Å². The highest BCUT2D eigenvalue weighted by Gasteiger charge is 2.09. The molecular weight excluding hydrogens is 276 g/mol. The van der Waals surface area contributed by atoms with Crippen LogP contribution in [0, 0.1) is 6.92 Å². The number of carbonyl (C=O) groups is 1. The number of nitrogens with one attached hydrogen (secondary N) is 1. The van der Waals surface area contributed by atoms with Crippen molar-refractivity contribution in [3.05, 3.63) is 77.5 Å². The predicted molar refractivity (Wildman–Crippen MR) is 84.3 cm³/mol. The van der Waals surface area contributed by atoms with Crippen molar-refractivity contribution < 1.29 is 9.32 Å². The molecule has 0 bridgehead atoms. The predicted octanol–water partition coefficient (Wildman–Crippen LogP) is 3.58. The third-order valence-corrected chi connectivity index (χ3v) is 3.33. The van der Waals surface area contributed by atoms with Crippen LogP contribution in [0.2, 0.25) is 0 Å². The normalized spacial score (nSPS) is 10.4. The molecule has 0 fully saturated rings. The maximum Gasteiger partial charge on any atom is 0.251 e. The van der Waals surface area contributed by atoms with E-state index in [0.29, 0.717) is 23.6 Å². The Morgan fingerprint density at radius 3 is 2.68 bits per heavy atom. The summed E-state index contributed by atoms with van der Waals surface area (Å²) in [4.78, 5) is 12.1. The maximum atomic E-state index is 12.1. The quantitative estimate of drug-likeness (QED) is 0.799. The van der Waals surface area contributed by atoms with Gasteiger partial charge in [-0.2, -0.15) is 0 Å². The summed E-state index contributed by atoms with van der Waals surface area (Å²) >= 11 is 0. The van der Waals surface area contributed by atoms with Crippen molar-refractivity contribution >= 4 is 5.91 Å². The number of carbonyl (C=O) groups excluding carboxylic acids is 1. The molecule has 0 atom stereocenters. The standard InChI is InChI=1S/C18H16N2O2/c1-13-6-5-9-15(10-13)18(21)19-12-16-11-17(22-20-16)14-7-3-2-4-8-14/h2-11H,12H2,1H3,(H,19,21). The zero-order valence-corrected chi connectivity index (χ0v) is 12.2. The first-order valence-corrected chi connectivity index (χ1v) is 7.08. The summed E-state index contributed by atoms with van der Waals surface area (Å²) < 4.78 is 5.31. The minimum absolute atomic E-state index is 0.118. The number of benzene rings is 2. The van der Waals surface area contributed by atoms with Crippen LogP contribution in [0.15, 0.2) is 65.2 Å². The summed E-state index contributed by atoms with van der Waals surface area (Å²) in [7, 11) is 0. The monoisotopic (exact) mass is 292 g/mol. The Labute approximate surface area is 128 Å². The molecule has 1 N–H and O–H groups in total. The van der Waals surface area contributed by atoms with E-state index in [0.717, 1.165) is 11.1 Å². The average Bonchev–Trinajstić information content (AvgIpc) is 3.02. The van der Waals surface area contributed by atoms with Crippen molar-refractivity contribution in [2.75, 3.05) is 0 Å². The molecule has 1 aromatic heterocycles. The SMILES string of the molecule is Cc1cccc(C(=O)NCc2cc(-c3ccccc3)on2)c1. The van der Waals surface area contributed by atoms with Gasteiger partial charge in [-0.15, -0.1) is 0 Å². The zero-order chi connectivity index (χ0) is 15.4. The van der Waals surface area contributed by atoms with E-state index in [-0.39, 0.29) is 5.91 Å². The first kappa shape index (κ1) is 14.1. The lowest BCUT2D eigenvalue weighted by atomic mass is 10.1. The first-order chi connectivity index (χ1) is 10.7. The van der Waals surface area contributed by atoms with E-state index in [9.17, 15) is 4.79 Å². The molecule has 0 saturated heterocycles. The molecule has 1 amide bonds. The Kier molecular flexibility index (Phi) is 4.01. The van der Waals surface area contributed by atoms with Crippen LogP contribution in [-0.4, -0.2) is 11.1 Å². The van der Waals surface area contributed by atoms with Crippen molar-refractivity contribution in [2.45, 2.75) is 13.5 Å². The Bertz CT molecular complexity index is 779. The van der Waals surface area contributed by atoms with E-state index >= 15 is 0 Å². The summed E-state index contributed by atoms with van der Waals surface area (Å²) in [6, 6.07) is 19.1. The van der Waals surface area contributed by atoms with Gasteiger partial charge in [-0.1, -0.05) is 53.2 Å². The van der Waals surface area contributed by atoms with Crippen LogP contribution in [0.4, 0.5) is 0 Å². The van der Waals surface area contributed by atoms with Gasteiger partial charge in [-0.05, 0) is 19.1 Å². The molecule has 0 unspecified atom stereocenters. The molecule has 0 radical (unpaired) electrons. The highest BCUT2D eigenvalue weighted by atomic mass is 16.5. The Hall–Kier alpha value is -2.88. The minimum Gasteiger partial charge on any atom is -0.356 e. The molecule has 0 saturated carbocycles. The van der Waals surface area contributed by atoms with E-state index in [4.69, 9.17) is 4.52 Å². The molecule has 4 nitrogen and oxygen atoms in total. The molecule has 22 heavy (non-hydrogen) atoms. The van der Waals surface area contributed by atoms with Crippen LogP contribution in [0.1, 0.15) is 21.6 Å². The average molecular weight is 292 g/mol. The molecule has 3 rings (SSSR count). The molecule has 0 aliphatic rings. The van der Waals surface area contributed by atoms with Gasteiger partial charge in [0.05, 0.1) is 6.54 Å². The first-order valence-electron chi connectivity index (χ1n) is 7.08. The fourth-order valence-electron chi connectivity index (χ4n) is 2.19. The Balaban J connectivity index is 1.65. The number of hydrogen-bond acceptors (Lipinski definition) is 3. The topological polar surface area (TPSA) is 55.1 Å². The second-order valence-corrected chi connectivity index (χ2v) is 5.10. The molecule has 3 aromatic rings. The van der Waals surface area contributed by atoms with E-state index in [1.807, 2.05) is 61.5 Å². The second kappa shape index (κ2) is 6.26. The Morgan fingerprint density at radius 1 is 1.09 bits per heavy atom. The van der Waals surface area contributed by atoms with Gasteiger partial charge in [0.25, 0.3) is 5.91 Å². The molecule has 0 aliphatic heterocycles. The lowest BCUT2D eigenvalue weighted by Gasteiger charge is -2.03. The number of aromatic nitrogens is 1. The minimum atomic E-state index is -0.118. The van der Waals surface area contributed by atoms with Crippen molar-refractivity contribution in [3.63, 3.8) is 0 Å². The molecular formula is C18H16N2O2. The van der Waals surface area contributed by atoms with Crippen LogP contribution >= 0.6 is 0 Å².